The molecule has 1 aromatic rings. The highest BCUT2D eigenvalue weighted by Gasteiger charge is 2.06. The second-order valence-electron chi connectivity index (χ2n) is 4.23. The van der Waals surface area contributed by atoms with Crippen LogP contribution in [0.3, 0.4) is 0 Å². The Hall–Kier alpha value is -0.340. The van der Waals surface area contributed by atoms with E-state index in [-0.39, 0.29) is 0 Å². The van der Waals surface area contributed by atoms with Crippen molar-refractivity contribution in [1.82, 2.24) is 5.32 Å². The van der Waals surface area contributed by atoms with Gasteiger partial charge in [0.25, 0.3) is 0 Å². The molecule has 1 unspecified atom stereocenters. The molecule has 1 heterocycles. The monoisotopic (exact) mass is 225 g/mol. The topological polar surface area (TPSA) is 12.0 Å². The zero-order chi connectivity index (χ0) is 11.3. The van der Waals surface area contributed by atoms with E-state index < -0.39 is 0 Å². The molecule has 0 aliphatic carbocycles. The largest absolute Gasteiger partial charge is 0.309 e. The van der Waals surface area contributed by atoms with Gasteiger partial charge in [0.1, 0.15) is 0 Å². The molecule has 0 aliphatic rings. The minimum absolute atomic E-state index is 0.692. The van der Waals surface area contributed by atoms with E-state index in [2.05, 4.69) is 39.1 Å². The van der Waals surface area contributed by atoms with Crippen molar-refractivity contribution >= 4 is 11.3 Å². The molecule has 1 rings (SSSR count). The third-order valence-corrected chi connectivity index (χ3v) is 4.06. The number of nitrogens with one attached hydrogen (secondary N) is 1. The van der Waals surface area contributed by atoms with E-state index in [0.29, 0.717) is 6.04 Å². The van der Waals surface area contributed by atoms with Crippen molar-refractivity contribution in [3.63, 3.8) is 0 Å². The summed E-state index contributed by atoms with van der Waals surface area (Å²) in [5.74, 6) is 0. The average molecular weight is 225 g/mol. The lowest BCUT2D eigenvalue weighted by Gasteiger charge is -2.14. The first-order chi connectivity index (χ1) is 7.17. The zero-order valence-corrected chi connectivity index (χ0v) is 11.2. The molecule has 0 spiro atoms. The highest BCUT2D eigenvalue weighted by Crippen LogP contribution is 2.20. The standard InChI is InChI=1S/C13H23NS/c1-5-7-12(6-2)14-9-13-8-10(3)11(4)15-13/h8,12,14H,5-7,9H2,1-4H3. The molecule has 0 radical (unpaired) electrons. The Kier molecular flexibility index (Phi) is 5.34. The second-order valence-corrected chi connectivity index (χ2v) is 5.57. The van der Waals surface area contributed by atoms with Crippen LogP contribution in [0, 0.1) is 13.8 Å². The van der Waals surface area contributed by atoms with E-state index in [1.165, 1.54) is 34.6 Å². The Morgan fingerprint density at radius 2 is 2.07 bits per heavy atom. The Bertz CT molecular complexity index is 271. The fourth-order valence-corrected chi connectivity index (χ4v) is 2.79. The molecule has 15 heavy (non-hydrogen) atoms. The van der Waals surface area contributed by atoms with E-state index >= 15 is 0 Å². The molecule has 1 atom stereocenters. The van der Waals surface area contributed by atoms with Crippen LogP contribution >= 0.6 is 11.3 Å². The minimum Gasteiger partial charge on any atom is -0.309 e. The summed E-state index contributed by atoms with van der Waals surface area (Å²) in [5, 5.41) is 3.64. The van der Waals surface area contributed by atoms with Crippen molar-refractivity contribution in [2.45, 2.75) is 59.5 Å². The van der Waals surface area contributed by atoms with Crippen LogP contribution in [0.1, 0.15) is 48.4 Å². The van der Waals surface area contributed by atoms with Gasteiger partial charge in [-0.25, -0.2) is 0 Å². The van der Waals surface area contributed by atoms with Crippen molar-refractivity contribution in [3.05, 3.63) is 21.4 Å². The smallest absolute Gasteiger partial charge is 0.0302 e. The van der Waals surface area contributed by atoms with Gasteiger partial charge in [-0.1, -0.05) is 20.3 Å². The van der Waals surface area contributed by atoms with Gasteiger partial charge >= 0.3 is 0 Å². The van der Waals surface area contributed by atoms with Crippen molar-refractivity contribution in [2.24, 2.45) is 0 Å². The average Bonchev–Trinajstić information content (AvgIpc) is 2.53. The summed E-state index contributed by atoms with van der Waals surface area (Å²) in [6, 6.07) is 3.00. The summed E-state index contributed by atoms with van der Waals surface area (Å²) < 4.78 is 0. The van der Waals surface area contributed by atoms with Crippen LogP contribution in [-0.4, -0.2) is 6.04 Å². The number of aryl methyl sites for hydroxylation is 2. The molecule has 0 aliphatic heterocycles. The number of hydrogen-bond donors (Lipinski definition) is 1. The van der Waals surface area contributed by atoms with E-state index in [0.717, 1.165) is 6.54 Å². The maximum Gasteiger partial charge on any atom is 0.0302 e. The molecule has 2 heteroatoms. The summed E-state index contributed by atoms with van der Waals surface area (Å²) in [6.07, 6.45) is 3.80. The van der Waals surface area contributed by atoms with Crippen molar-refractivity contribution in [1.29, 1.82) is 0 Å². The first-order valence-corrected chi connectivity index (χ1v) is 6.78. The van der Waals surface area contributed by atoms with Crippen molar-refractivity contribution in [2.75, 3.05) is 0 Å². The summed E-state index contributed by atoms with van der Waals surface area (Å²) in [5.41, 5.74) is 1.43. The van der Waals surface area contributed by atoms with Gasteiger partial charge in [-0.2, -0.15) is 0 Å². The molecule has 0 amide bonds. The minimum atomic E-state index is 0.692. The van der Waals surface area contributed by atoms with E-state index in [1.54, 1.807) is 0 Å². The van der Waals surface area contributed by atoms with Crippen LogP contribution in [-0.2, 0) is 6.54 Å². The first kappa shape index (κ1) is 12.7. The lowest BCUT2D eigenvalue weighted by atomic mass is 10.1. The normalized spacial score (nSPS) is 13.1. The Labute approximate surface area is 97.9 Å². The molecule has 0 fully saturated rings. The van der Waals surface area contributed by atoms with Gasteiger partial charge in [-0.15, -0.1) is 11.3 Å². The molecular formula is C13H23NS. The Balaban J connectivity index is 2.41. The van der Waals surface area contributed by atoms with Gasteiger partial charge in [-0.3, -0.25) is 0 Å². The molecule has 1 nitrogen and oxygen atoms in total. The fraction of sp³-hybridized carbons (Fsp3) is 0.692. The summed E-state index contributed by atoms with van der Waals surface area (Å²) >= 11 is 1.92. The lowest BCUT2D eigenvalue weighted by Crippen LogP contribution is -2.27. The fourth-order valence-electron chi connectivity index (χ4n) is 1.78. The van der Waals surface area contributed by atoms with Gasteiger partial charge in [0, 0.05) is 22.3 Å². The van der Waals surface area contributed by atoms with Crippen molar-refractivity contribution < 1.29 is 0 Å². The zero-order valence-electron chi connectivity index (χ0n) is 10.4. The van der Waals surface area contributed by atoms with Gasteiger partial charge in [-0.05, 0) is 38.3 Å². The Morgan fingerprint density at radius 1 is 1.33 bits per heavy atom. The molecule has 0 saturated heterocycles. The molecule has 0 aromatic carbocycles. The third kappa shape index (κ3) is 3.96. The van der Waals surface area contributed by atoms with Crippen LogP contribution < -0.4 is 5.32 Å². The van der Waals surface area contributed by atoms with Gasteiger partial charge in [0.2, 0.25) is 0 Å². The molecule has 1 aromatic heterocycles. The quantitative estimate of drug-likeness (QED) is 0.770. The Morgan fingerprint density at radius 3 is 2.53 bits per heavy atom. The van der Waals surface area contributed by atoms with Crippen LogP contribution in [0.2, 0.25) is 0 Å². The lowest BCUT2D eigenvalue weighted by molar-refractivity contribution is 0.464. The van der Waals surface area contributed by atoms with Crippen LogP contribution in [0.15, 0.2) is 6.07 Å². The molecule has 1 N–H and O–H groups in total. The predicted octanol–water partition coefficient (Wildman–Crippen LogP) is 4.03. The number of hydrogen-bond acceptors (Lipinski definition) is 2. The van der Waals surface area contributed by atoms with Gasteiger partial charge < -0.3 is 5.32 Å². The SMILES string of the molecule is CCCC(CC)NCc1cc(C)c(C)s1. The molecule has 0 saturated carbocycles. The van der Waals surface area contributed by atoms with Crippen LogP contribution in [0.25, 0.3) is 0 Å². The molecular weight excluding hydrogens is 202 g/mol. The highest BCUT2D eigenvalue weighted by atomic mass is 32.1. The van der Waals surface area contributed by atoms with Crippen LogP contribution in [0.4, 0.5) is 0 Å². The van der Waals surface area contributed by atoms with Gasteiger partial charge in [0.05, 0.1) is 0 Å². The van der Waals surface area contributed by atoms with E-state index in [1.807, 2.05) is 11.3 Å². The maximum absolute atomic E-state index is 3.64. The maximum atomic E-state index is 3.64. The highest BCUT2D eigenvalue weighted by molar-refractivity contribution is 7.12. The van der Waals surface area contributed by atoms with E-state index in [9.17, 15) is 0 Å². The summed E-state index contributed by atoms with van der Waals surface area (Å²) in [7, 11) is 0. The van der Waals surface area contributed by atoms with E-state index in [4.69, 9.17) is 0 Å². The molecule has 86 valence electrons. The summed E-state index contributed by atoms with van der Waals surface area (Å²) in [4.78, 5) is 2.93. The number of rotatable bonds is 6. The first-order valence-electron chi connectivity index (χ1n) is 5.96. The third-order valence-electron chi connectivity index (χ3n) is 2.91. The second kappa shape index (κ2) is 6.29. The number of thiophene rings is 1. The predicted molar refractivity (Wildman–Crippen MR) is 69.6 cm³/mol. The van der Waals surface area contributed by atoms with Crippen LogP contribution in [0.5, 0.6) is 0 Å². The summed E-state index contributed by atoms with van der Waals surface area (Å²) in [6.45, 7) is 9.95. The van der Waals surface area contributed by atoms with Gasteiger partial charge in [0.15, 0.2) is 0 Å². The van der Waals surface area contributed by atoms with Crippen molar-refractivity contribution in [3.8, 4) is 0 Å². The molecule has 0 bridgehead atoms.